The number of imidazole rings is 1. The fraction of sp³-hybridized carbons (Fsp3) is 0.200. The molecule has 0 atom stereocenters. The Hall–Kier alpha value is -4.70. The van der Waals surface area contributed by atoms with Crippen LogP contribution < -0.4 is 5.32 Å². The molecule has 40 heavy (non-hydrogen) atoms. The van der Waals surface area contributed by atoms with Crippen LogP contribution in [-0.2, 0) is 4.79 Å². The summed E-state index contributed by atoms with van der Waals surface area (Å²) in [5.74, 6) is 0.610. The number of rotatable bonds is 6. The highest BCUT2D eigenvalue weighted by Crippen LogP contribution is 2.35. The van der Waals surface area contributed by atoms with Gasteiger partial charge in [0.2, 0.25) is 5.91 Å². The molecule has 0 saturated heterocycles. The quantitative estimate of drug-likeness (QED) is 0.194. The first kappa shape index (κ1) is 25.6. The fourth-order valence-electron chi connectivity index (χ4n) is 4.61. The summed E-state index contributed by atoms with van der Waals surface area (Å²) >= 11 is 1.46. The summed E-state index contributed by atoms with van der Waals surface area (Å²) in [6, 6.07) is 13.6. The van der Waals surface area contributed by atoms with Gasteiger partial charge in [0.25, 0.3) is 0 Å². The van der Waals surface area contributed by atoms with Gasteiger partial charge >= 0.3 is 0 Å². The molecule has 0 unspecified atom stereocenters. The van der Waals surface area contributed by atoms with Crippen LogP contribution >= 0.6 is 11.3 Å². The third kappa shape index (κ3) is 5.01. The van der Waals surface area contributed by atoms with E-state index in [2.05, 4.69) is 30.5 Å². The van der Waals surface area contributed by atoms with Crippen LogP contribution in [0, 0.1) is 5.41 Å². The maximum atomic E-state index is 12.4. The van der Waals surface area contributed by atoms with Gasteiger partial charge in [-0.1, -0.05) is 32.9 Å². The van der Waals surface area contributed by atoms with Crippen molar-refractivity contribution in [2.24, 2.45) is 5.41 Å². The highest BCUT2D eigenvalue weighted by Gasteiger charge is 2.19. The summed E-state index contributed by atoms with van der Waals surface area (Å²) in [7, 11) is 0. The van der Waals surface area contributed by atoms with Crippen LogP contribution in [0.2, 0.25) is 0 Å². The first-order chi connectivity index (χ1) is 19.1. The number of benzene rings is 1. The van der Waals surface area contributed by atoms with Crippen molar-refractivity contribution in [3.8, 4) is 33.2 Å². The molecule has 0 aliphatic rings. The summed E-state index contributed by atoms with van der Waals surface area (Å²) in [4.78, 5) is 43.2. The SMILES string of the molecule is CC(=O)c1ccc(-c2cccc3[nH]c(-c4n[nH]c5cnc(-c6cncc(NC(=O)CC(C)(C)C)c6)cc45)nc23)s1. The van der Waals surface area contributed by atoms with Crippen LogP contribution in [0.3, 0.4) is 0 Å². The molecule has 200 valence electrons. The van der Waals surface area contributed by atoms with Crippen molar-refractivity contribution >= 4 is 50.7 Å². The number of H-pyrrole nitrogens is 2. The van der Waals surface area contributed by atoms with Crippen molar-refractivity contribution in [3.05, 3.63) is 65.9 Å². The number of aromatic amines is 2. The van der Waals surface area contributed by atoms with E-state index < -0.39 is 0 Å². The number of hydrogen-bond acceptors (Lipinski definition) is 7. The Morgan fingerprint density at radius 2 is 1.88 bits per heavy atom. The third-order valence-corrected chi connectivity index (χ3v) is 7.63. The Balaban J connectivity index is 1.36. The Morgan fingerprint density at radius 1 is 1.02 bits per heavy atom. The number of para-hydroxylation sites is 1. The highest BCUT2D eigenvalue weighted by molar-refractivity contribution is 7.17. The molecule has 6 rings (SSSR count). The molecule has 6 aromatic rings. The van der Waals surface area contributed by atoms with E-state index in [-0.39, 0.29) is 17.1 Å². The number of hydrogen-bond donors (Lipinski definition) is 3. The number of Topliss-reactive ketones (excluding diaryl/α,β-unsaturated/α-hetero) is 1. The van der Waals surface area contributed by atoms with Crippen LogP contribution in [0.5, 0.6) is 0 Å². The van der Waals surface area contributed by atoms with Gasteiger partial charge in [0.15, 0.2) is 11.6 Å². The second-order valence-corrected chi connectivity index (χ2v) is 12.0. The van der Waals surface area contributed by atoms with E-state index in [1.165, 1.54) is 11.3 Å². The number of amides is 1. The summed E-state index contributed by atoms with van der Waals surface area (Å²) in [5.41, 5.74) is 6.04. The van der Waals surface area contributed by atoms with Crippen LogP contribution in [-0.4, -0.2) is 41.8 Å². The number of carbonyl (C=O) groups excluding carboxylic acids is 2. The zero-order chi connectivity index (χ0) is 28.0. The fourth-order valence-corrected chi connectivity index (χ4v) is 5.53. The summed E-state index contributed by atoms with van der Waals surface area (Å²) in [5, 5.41) is 11.4. The van der Waals surface area contributed by atoms with Gasteiger partial charge in [-0.05, 0) is 42.7 Å². The van der Waals surface area contributed by atoms with Gasteiger partial charge in [0.1, 0.15) is 5.69 Å². The van der Waals surface area contributed by atoms with Crippen molar-refractivity contribution in [1.82, 2.24) is 30.1 Å². The van der Waals surface area contributed by atoms with Gasteiger partial charge in [0, 0.05) is 34.0 Å². The van der Waals surface area contributed by atoms with Crippen molar-refractivity contribution in [2.45, 2.75) is 34.1 Å². The van der Waals surface area contributed by atoms with Gasteiger partial charge in [0.05, 0.1) is 45.2 Å². The van der Waals surface area contributed by atoms with Crippen molar-refractivity contribution in [1.29, 1.82) is 0 Å². The molecule has 3 N–H and O–H groups in total. The molecular formula is C30H27N7O2S. The lowest BCUT2D eigenvalue weighted by molar-refractivity contribution is -0.117. The van der Waals surface area contributed by atoms with Crippen molar-refractivity contribution in [2.75, 3.05) is 5.32 Å². The summed E-state index contributed by atoms with van der Waals surface area (Å²) < 4.78 is 0. The Bertz CT molecular complexity index is 1910. The zero-order valence-electron chi connectivity index (χ0n) is 22.5. The highest BCUT2D eigenvalue weighted by atomic mass is 32.1. The molecule has 9 nitrogen and oxygen atoms in total. The number of fused-ring (bicyclic) bond motifs is 2. The number of aromatic nitrogens is 6. The van der Waals surface area contributed by atoms with E-state index in [9.17, 15) is 9.59 Å². The van der Waals surface area contributed by atoms with Crippen LogP contribution in [0.4, 0.5) is 5.69 Å². The predicted octanol–water partition coefficient (Wildman–Crippen LogP) is 6.87. The molecule has 1 amide bonds. The monoisotopic (exact) mass is 549 g/mol. The minimum atomic E-state index is -0.113. The van der Waals surface area contributed by atoms with Crippen LogP contribution in [0.1, 0.15) is 43.8 Å². The van der Waals surface area contributed by atoms with Gasteiger partial charge in [-0.2, -0.15) is 5.10 Å². The number of thiophene rings is 1. The number of carbonyl (C=O) groups is 2. The normalized spacial score (nSPS) is 11.8. The Morgan fingerprint density at radius 3 is 2.65 bits per heavy atom. The Labute approximate surface area is 234 Å². The number of ketones is 1. The largest absolute Gasteiger partial charge is 0.337 e. The molecule has 0 spiro atoms. The minimum absolute atomic E-state index is 0.0478. The van der Waals surface area contributed by atoms with Crippen LogP contribution in [0.15, 0.2) is 61.1 Å². The summed E-state index contributed by atoms with van der Waals surface area (Å²) in [6.07, 6.45) is 5.49. The van der Waals surface area contributed by atoms with E-state index in [4.69, 9.17) is 4.98 Å². The van der Waals surface area contributed by atoms with E-state index in [1.807, 2.05) is 63.2 Å². The molecule has 0 aliphatic heterocycles. The molecule has 1 aromatic carbocycles. The molecular weight excluding hydrogens is 522 g/mol. The molecule has 0 saturated carbocycles. The van der Waals surface area contributed by atoms with E-state index in [1.54, 1.807) is 25.5 Å². The topological polar surface area (TPSA) is 129 Å². The standard InChI is InChI=1S/C30H27N7O2S/c1-16(38)24-8-9-25(40-24)19-6-5-7-21-27(19)35-29(34-21)28-20-11-22(32-15-23(20)36-37-28)17-10-18(14-31-13-17)33-26(39)12-30(2,3)4/h5-11,13-15H,12H2,1-4H3,(H,33,39)(H,34,35)(H,36,37). The molecule has 0 radical (unpaired) electrons. The Kier molecular flexibility index (Phi) is 6.26. The minimum Gasteiger partial charge on any atom is -0.337 e. The smallest absolute Gasteiger partial charge is 0.224 e. The number of anilines is 1. The molecule has 10 heteroatoms. The maximum Gasteiger partial charge on any atom is 0.224 e. The van der Waals surface area contributed by atoms with Gasteiger partial charge in [-0.25, -0.2) is 4.98 Å². The molecule has 5 heterocycles. The molecule has 0 aliphatic carbocycles. The van der Waals surface area contributed by atoms with E-state index in [0.29, 0.717) is 34.2 Å². The third-order valence-electron chi connectivity index (χ3n) is 6.41. The van der Waals surface area contributed by atoms with Crippen LogP contribution in [0.25, 0.3) is 55.2 Å². The lowest BCUT2D eigenvalue weighted by Gasteiger charge is -2.17. The maximum absolute atomic E-state index is 12.4. The second-order valence-electron chi connectivity index (χ2n) is 10.9. The molecule has 0 fully saturated rings. The number of pyridine rings is 2. The van der Waals surface area contributed by atoms with Gasteiger partial charge < -0.3 is 10.3 Å². The zero-order valence-corrected chi connectivity index (χ0v) is 23.3. The first-order valence-electron chi connectivity index (χ1n) is 12.8. The number of nitrogens with one attached hydrogen (secondary N) is 3. The number of nitrogens with zero attached hydrogens (tertiary/aromatic N) is 4. The van der Waals surface area contributed by atoms with Crippen molar-refractivity contribution in [3.63, 3.8) is 0 Å². The van der Waals surface area contributed by atoms with Gasteiger partial charge in [-0.3, -0.25) is 24.7 Å². The second kappa shape index (κ2) is 9.80. The molecule has 0 bridgehead atoms. The molecule has 5 aromatic heterocycles. The van der Waals surface area contributed by atoms with Gasteiger partial charge in [-0.15, -0.1) is 11.3 Å². The average Bonchev–Trinajstić information content (AvgIpc) is 3.65. The summed E-state index contributed by atoms with van der Waals surface area (Å²) in [6.45, 7) is 7.65. The average molecular weight is 550 g/mol. The van der Waals surface area contributed by atoms with E-state index in [0.717, 1.165) is 37.9 Å². The predicted molar refractivity (Wildman–Crippen MR) is 158 cm³/mol. The van der Waals surface area contributed by atoms with E-state index >= 15 is 0 Å². The lowest BCUT2D eigenvalue weighted by atomic mass is 9.92. The first-order valence-corrected chi connectivity index (χ1v) is 13.7. The lowest BCUT2D eigenvalue weighted by Crippen LogP contribution is -2.19. The van der Waals surface area contributed by atoms with Crippen molar-refractivity contribution < 1.29 is 9.59 Å².